The average molecular weight is 221 g/mol. The maximum Gasteiger partial charge on any atom is 0.336 e. The number of amides is 1. The number of hydrogen-bond donors (Lipinski definition) is 2. The Bertz CT molecular complexity index is 404. The van der Waals surface area contributed by atoms with Gasteiger partial charge < -0.3 is 15.2 Å². The van der Waals surface area contributed by atoms with E-state index in [1.807, 2.05) is 30.3 Å². The van der Waals surface area contributed by atoms with E-state index >= 15 is 0 Å². The van der Waals surface area contributed by atoms with Crippen LogP contribution in [-0.4, -0.2) is 29.2 Å². The van der Waals surface area contributed by atoms with Crippen LogP contribution in [-0.2, 0) is 20.9 Å². The molecule has 1 aliphatic heterocycles. The van der Waals surface area contributed by atoms with E-state index in [2.05, 4.69) is 5.32 Å². The fourth-order valence-corrected chi connectivity index (χ4v) is 1.39. The number of epoxide rings is 1. The van der Waals surface area contributed by atoms with Gasteiger partial charge in [0.15, 0.2) is 12.2 Å². The van der Waals surface area contributed by atoms with Gasteiger partial charge in [0.25, 0.3) is 5.91 Å². The number of ether oxygens (including phenoxy) is 1. The summed E-state index contributed by atoms with van der Waals surface area (Å²) in [6.45, 7) is 0.381. The van der Waals surface area contributed by atoms with E-state index < -0.39 is 18.2 Å². The molecule has 5 heteroatoms. The third-order valence-electron chi connectivity index (χ3n) is 2.30. The number of hydrogen-bond acceptors (Lipinski definition) is 3. The summed E-state index contributed by atoms with van der Waals surface area (Å²) >= 11 is 0. The zero-order valence-corrected chi connectivity index (χ0v) is 8.42. The molecule has 5 nitrogen and oxygen atoms in total. The second kappa shape index (κ2) is 4.32. The minimum absolute atomic E-state index is 0.378. The van der Waals surface area contributed by atoms with Crippen LogP contribution in [0.1, 0.15) is 5.56 Å². The third kappa shape index (κ3) is 2.38. The highest BCUT2D eigenvalue weighted by Crippen LogP contribution is 2.22. The first-order valence-electron chi connectivity index (χ1n) is 4.88. The van der Waals surface area contributed by atoms with Crippen molar-refractivity contribution in [2.75, 3.05) is 0 Å². The predicted octanol–water partition coefficient (Wildman–Crippen LogP) is 0.155. The minimum atomic E-state index is -1.10. The zero-order chi connectivity index (χ0) is 11.5. The molecule has 0 aromatic heterocycles. The predicted molar refractivity (Wildman–Crippen MR) is 54.6 cm³/mol. The van der Waals surface area contributed by atoms with Crippen LogP contribution in [0, 0.1) is 0 Å². The highest BCUT2D eigenvalue weighted by molar-refractivity contribution is 5.91. The molecule has 16 heavy (non-hydrogen) atoms. The molecule has 1 saturated heterocycles. The number of carbonyl (C=O) groups is 2. The van der Waals surface area contributed by atoms with Crippen LogP contribution in [0.25, 0.3) is 0 Å². The van der Waals surface area contributed by atoms with Gasteiger partial charge in [0.05, 0.1) is 0 Å². The van der Waals surface area contributed by atoms with E-state index in [4.69, 9.17) is 9.84 Å². The van der Waals surface area contributed by atoms with Crippen molar-refractivity contribution < 1.29 is 19.4 Å². The smallest absolute Gasteiger partial charge is 0.336 e. The number of carbonyl (C=O) groups excluding carboxylic acids is 1. The lowest BCUT2D eigenvalue weighted by molar-refractivity contribution is -0.138. The number of benzene rings is 1. The topological polar surface area (TPSA) is 78.9 Å². The van der Waals surface area contributed by atoms with E-state index in [0.29, 0.717) is 6.54 Å². The van der Waals surface area contributed by atoms with Crippen LogP contribution >= 0.6 is 0 Å². The van der Waals surface area contributed by atoms with Crippen molar-refractivity contribution in [2.24, 2.45) is 0 Å². The van der Waals surface area contributed by atoms with Gasteiger partial charge in [-0.05, 0) is 5.56 Å². The Kier molecular flexibility index (Phi) is 2.87. The molecule has 2 unspecified atom stereocenters. The molecule has 84 valence electrons. The summed E-state index contributed by atoms with van der Waals surface area (Å²) in [5.41, 5.74) is 0.961. The van der Waals surface area contributed by atoms with Crippen LogP contribution in [0.3, 0.4) is 0 Å². The molecule has 2 N–H and O–H groups in total. The van der Waals surface area contributed by atoms with E-state index in [1.165, 1.54) is 0 Å². The SMILES string of the molecule is O=C(O)C1OC1C(=O)NCc1ccccc1. The zero-order valence-electron chi connectivity index (χ0n) is 8.42. The summed E-state index contributed by atoms with van der Waals surface area (Å²) in [5, 5.41) is 11.2. The van der Waals surface area contributed by atoms with Gasteiger partial charge in [-0.3, -0.25) is 4.79 Å². The van der Waals surface area contributed by atoms with Crippen molar-refractivity contribution in [1.29, 1.82) is 0 Å². The van der Waals surface area contributed by atoms with Gasteiger partial charge in [-0.15, -0.1) is 0 Å². The maximum atomic E-state index is 11.4. The number of carboxylic acid groups (broad SMARTS) is 1. The molecule has 0 saturated carbocycles. The van der Waals surface area contributed by atoms with Crippen LogP contribution in [0.4, 0.5) is 0 Å². The number of carboxylic acids is 1. The molecule has 1 aromatic rings. The lowest BCUT2D eigenvalue weighted by atomic mass is 10.2. The molecule has 1 heterocycles. The highest BCUT2D eigenvalue weighted by atomic mass is 16.6. The Morgan fingerprint density at radius 1 is 1.25 bits per heavy atom. The molecule has 0 aliphatic carbocycles. The molecule has 0 spiro atoms. The maximum absolute atomic E-state index is 11.4. The molecule has 1 amide bonds. The first-order chi connectivity index (χ1) is 7.68. The van der Waals surface area contributed by atoms with Crippen LogP contribution in [0.2, 0.25) is 0 Å². The number of nitrogens with one attached hydrogen (secondary N) is 1. The van der Waals surface area contributed by atoms with Crippen molar-refractivity contribution >= 4 is 11.9 Å². The van der Waals surface area contributed by atoms with Crippen molar-refractivity contribution in [3.8, 4) is 0 Å². The van der Waals surface area contributed by atoms with Gasteiger partial charge in [-0.2, -0.15) is 0 Å². The van der Waals surface area contributed by atoms with Crippen molar-refractivity contribution in [3.63, 3.8) is 0 Å². The fraction of sp³-hybridized carbons (Fsp3) is 0.273. The highest BCUT2D eigenvalue weighted by Gasteiger charge is 2.50. The summed E-state index contributed by atoms with van der Waals surface area (Å²) in [5.74, 6) is -1.48. The summed E-state index contributed by atoms with van der Waals surface area (Å²) in [6, 6.07) is 9.38. The van der Waals surface area contributed by atoms with E-state index in [0.717, 1.165) is 5.56 Å². The molecule has 2 atom stereocenters. The molecular formula is C11H11NO4. The van der Waals surface area contributed by atoms with Gasteiger partial charge in [-0.25, -0.2) is 4.79 Å². The summed E-state index contributed by atoms with van der Waals surface area (Å²) in [7, 11) is 0. The quantitative estimate of drug-likeness (QED) is 0.709. The molecule has 1 aliphatic rings. The van der Waals surface area contributed by atoms with Gasteiger partial charge >= 0.3 is 5.97 Å². The Morgan fingerprint density at radius 3 is 2.50 bits per heavy atom. The second-order valence-electron chi connectivity index (χ2n) is 3.52. The summed E-state index contributed by atoms with van der Waals surface area (Å²) in [4.78, 5) is 21.8. The van der Waals surface area contributed by atoms with E-state index in [9.17, 15) is 9.59 Å². The lowest BCUT2D eigenvalue weighted by Crippen LogP contribution is -2.29. The van der Waals surface area contributed by atoms with E-state index in [1.54, 1.807) is 0 Å². The van der Waals surface area contributed by atoms with Gasteiger partial charge in [0, 0.05) is 6.54 Å². The Balaban J connectivity index is 1.80. The van der Waals surface area contributed by atoms with Crippen LogP contribution < -0.4 is 5.32 Å². The van der Waals surface area contributed by atoms with Crippen molar-refractivity contribution in [2.45, 2.75) is 18.8 Å². The Morgan fingerprint density at radius 2 is 1.94 bits per heavy atom. The number of aliphatic carboxylic acids is 1. The molecule has 1 fully saturated rings. The minimum Gasteiger partial charge on any atom is -0.479 e. The third-order valence-corrected chi connectivity index (χ3v) is 2.30. The molecule has 1 aromatic carbocycles. The molecule has 0 radical (unpaired) electrons. The van der Waals surface area contributed by atoms with Crippen molar-refractivity contribution in [1.82, 2.24) is 5.32 Å². The van der Waals surface area contributed by atoms with Crippen LogP contribution in [0.15, 0.2) is 30.3 Å². The molecule has 2 rings (SSSR count). The summed E-state index contributed by atoms with van der Waals surface area (Å²) < 4.78 is 4.72. The first-order valence-corrected chi connectivity index (χ1v) is 4.88. The van der Waals surface area contributed by atoms with Crippen molar-refractivity contribution in [3.05, 3.63) is 35.9 Å². The molecular weight excluding hydrogens is 210 g/mol. The lowest BCUT2D eigenvalue weighted by Gasteiger charge is -2.02. The fourth-order valence-electron chi connectivity index (χ4n) is 1.39. The molecule has 0 bridgehead atoms. The van der Waals surface area contributed by atoms with Gasteiger partial charge in [0.2, 0.25) is 0 Å². The average Bonchev–Trinajstić information content (AvgIpc) is 3.07. The van der Waals surface area contributed by atoms with Crippen LogP contribution in [0.5, 0.6) is 0 Å². The van der Waals surface area contributed by atoms with Gasteiger partial charge in [-0.1, -0.05) is 30.3 Å². The normalized spacial score (nSPS) is 22.5. The largest absolute Gasteiger partial charge is 0.479 e. The summed E-state index contributed by atoms with van der Waals surface area (Å²) in [6.07, 6.45) is -1.81. The van der Waals surface area contributed by atoms with E-state index in [-0.39, 0.29) is 5.91 Å². The first kappa shape index (κ1) is 10.6. The van der Waals surface area contributed by atoms with Gasteiger partial charge in [0.1, 0.15) is 0 Å². The number of rotatable bonds is 4. The monoisotopic (exact) mass is 221 g/mol. The standard InChI is InChI=1S/C11H11NO4/c13-10(8-9(16-8)11(14)15)12-6-7-4-2-1-3-5-7/h1-5,8-9H,6H2,(H,12,13)(H,14,15). The Labute approximate surface area is 92.0 Å². The second-order valence-corrected chi connectivity index (χ2v) is 3.52. The Hall–Kier alpha value is -1.88.